The summed E-state index contributed by atoms with van der Waals surface area (Å²) in [6.45, 7) is 0. The first-order valence-corrected chi connectivity index (χ1v) is 12.4. The van der Waals surface area contributed by atoms with E-state index in [1.54, 1.807) is 36.4 Å². The second-order valence-corrected chi connectivity index (χ2v) is 9.51. The number of carbonyl (C=O) groups excluding carboxylic acids is 2. The molecule has 4 rings (SSSR count). The minimum atomic E-state index is -0.520. The van der Waals surface area contributed by atoms with Crippen LogP contribution in [-0.4, -0.2) is 27.5 Å². The van der Waals surface area contributed by atoms with E-state index in [0.717, 1.165) is 16.2 Å². The van der Waals surface area contributed by atoms with Gasteiger partial charge in [-0.25, -0.2) is 4.98 Å². The SMILES string of the molecule is O=C(CSc1ccc(NC(=O)c2ccc([N+](=O)[O-])cc2)cc1)Nc1nc(-c2ccc(Cl)cc2)cs1. The van der Waals surface area contributed by atoms with Crippen LogP contribution < -0.4 is 10.6 Å². The second-order valence-electron chi connectivity index (χ2n) is 7.16. The minimum Gasteiger partial charge on any atom is -0.322 e. The molecule has 2 amide bonds. The van der Waals surface area contributed by atoms with E-state index in [2.05, 4.69) is 15.6 Å². The number of nitrogens with one attached hydrogen (secondary N) is 2. The van der Waals surface area contributed by atoms with Crippen molar-refractivity contribution in [1.29, 1.82) is 0 Å². The molecule has 0 bridgehead atoms. The number of thiazole rings is 1. The molecular weight excluding hydrogens is 508 g/mol. The van der Waals surface area contributed by atoms with Crippen molar-refractivity contribution < 1.29 is 14.5 Å². The molecule has 4 aromatic rings. The first-order chi connectivity index (χ1) is 16.9. The summed E-state index contributed by atoms with van der Waals surface area (Å²) in [5, 5.41) is 19.3. The Morgan fingerprint density at radius 3 is 2.31 bits per heavy atom. The minimum absolute atomic E-state index is 0.0798. The van der Waals surface area contributed by atoms with E-state index >= 15 is 0 Å². The van der Waals surface area contributed by atoms with Gasteiger partial charge in [-0.2, -0.15) is 0 Å². The highest BCUT2D eigenvalue weighted by molar-refractivity contribution is 8.00. The third-order valence-electron chi connectivity index (χ3n) is 4.71. The third-order valence-corrected chi connectivity index (χ3v) is 6.73. The van der Waals surface area contributed by atoms with E-state index in [1.165, 1.54) is 47.4 Å². The summed E-state index contributed by atoms with van der Waals surface area (Å²) in [6.07, 6.45) is 0. The normalized spacial score (nSPS) is 10.5. The van der Waals surface area contributed by atoms with Gasteiger partial charge in [-0.1, -0.05) is 23.7 Å². The summed E-state index contributed by atoms with van der Waals surface area (Å²) < 4.78 is 0. The van der Waals surface area contributed by atoms with Crippen LogP contribution in [0.3, 0.4) is 0 Å². The summed E-state index contributed by atoms with van der Waals surface area (Å²) in [7, 11) is 0. The van der Waals surface area contributed by atoms with E-state index in [0.29, 0.717) is 21.4 Å². The highest BCUT2D eigenvalue weighted by Crippen LogP contribution is 2.27. The molecule has 11 heteroatoms. The maximum atomic E-state index is 12.3. The van der Waals surface area contributed by atoms with Crippen molar-refractivity contribution in [3.63, 3.8) is 0 Å². The van der Waals surface area contributed by atoms with Crippen molar-refractivity contribution in [2.45, 2.75) is 4.90 Å². The maximum absolute atomic E-state index is 12.3. The highest BCUT2D eigenvalue weighted by atomic mass is 35.5. The number of hydrogen-bond donors (Lipinski definition) is 2. The van der Waals surface area contributed by atoms with Gasteiger partial charge in [0.2, 0.25) is 5.91 Å². The Morgan fingerprint density at radius 1 is 0.971 bits per heavy atom. The van der Waals surface area contributed by atoms with Crippen LogP contribution in [0.4, 0.5) is 16.5 Å². The molecule has 176 valence electrons. The monoisotopic (exact) mass is 524 g/mol. The number of benzene rings is 3. The Balaban J connectivity index is 1.26. The number of amides is 2. The number of rotatable bonds is 8. The molecule has 0 fully saturated rings. The van der Waals surface area contributed by atoms with Gasteiger partial charge in [0.05, 0.1) is 16.4 Å². The number of aromatic nitrogens is 1. The second kappa shape index (κ2) is 11.1. The van der Waals surface area contributed by atoms with Crippen LogP contribution in [0, 0.1) is 10.1 Å². The van der Waals surface area contributed by atoms with Gasteiger partial charge in [-0.15, -0.1) is 23.1 Å². The topological polar surface area (TPSA) is 114 Å². The van der Waals surface area contributed by atoms with Crippen LogP contribution in [-0.2, 0) is 4.79 Å². The number of anilines is 2. The van der Waals surface area contributed by atoms with E-state index in [1.807, 2.05) is 17.5 Å². The lowest BCUT2D eigenvalue weighted by atomic mass is 10.2. The predicted molar refractivity (Wildman–Crippen MR) is 139 cm³/mol. The molecule has 0 aliphatic carbocycles. The Hall–Kier alpha value is -3.73. The summed E-state index contributed by atoms with van der Waals surface area (Å²) in [6, 6.07) is 19.7. The zero-order valence-electron chi connectivity index (χ0n) is 17.9. The van der Waals surface area contributed by atoms with Crippen LogP contribution in [0.5, 0.6) is 0 Å². The number of nitrogens with zero attached hydrogens (tertiary/aromatic N) is 2. The van der Waals surface area contributed by atoms with Crippen molar-refractivity contribution in [3.8, 4) is 11.3 Å². The maximum Gasteiger partial charge on any atom is 0.269 e. The van der Waals surface area contributed by atoms with Crippen LogP contribution in [0.25, 0.3) is 11.3 Å². The van der Waals surface area contributed by atoms with E-state index < -0.39 is 4.92 Å². The molecule has 35 heavy (non-hydrogen) atoms. The molecule has 0 unspecified atom stereocenters. The lowest BCUT2D eigenvalue weighted by molar-refractivity contribution is -0.384. The van der Waals surface area contributed by atoms with Gasteiger partial charge in [-0.05, 0) is 48.5 Å². The number of halogens is 1. The lowest BCUT2D eigenvalue weighted by Gasteiger charge is -2.07. The molecule has 0 aliphatic rings. The molecule has 2 N–H and O–H groups in total. The molecule has 0 radical (unpaired) electrons. The molecule has 0 spiro atoms. The Labute approximate surface area is 213 Å². The fourth-order valence-corrected chi connectivity index (χ4v) is 4.52. The van der Waals surface area contributed by atoms with Gasteiger partial charge in [0.25, 0.3) is 11.6 Å². The number of carbonyl (C=O) groups is 2. The van der Waals surface area contributed by atoms with Gasteiger partial charge in [0.1, 0.15) is 0 Å². The highest BCUT2D eigenvalue weighted by Gasteiger charge is 2.11. The predicted octanol–water partition coefficient (Wildman–Crippen LogP) is 6.35. The fourth-order valence-electron chi connectivity index (χ4n) is 2.96. The first kappa shape index (κ1) is 24.4. The Morgan fingerprint density at radius 2 is 1.66 bits per heavy atom. The largest absolute Gasteiger partial charge is 0.322 e. The van der Waals surface area contributed by atoms with E-state index in [4.69, 9.17) is 11.6 Å². The molecule has 0 atom stereocenters. The van der Waals surface area contributed by atoms with E-state index in [9.17, 15) is 19.7 Å². The number of non-ortho nitro benzene ring substituents is 1. The molecule has 1 aromatic heterocycles. The van der Waals surface area contributed by atoms with Gasteiger partial charge in [0, 0.05) is 44.2 Å². The summed E-state index contributed by atoms with van der Waals surface area (Å²) in [5.41, 5.74) is 2.48. The molecule has 0 aliphatic heterocycles. The van der Waals surface area contributed by atoms with Crippen molar-refractivity contribution in [2.75, 3.05) is 16.4 Å². The molecule has 3 aromatic carbocycles. The molecule has 1 heterocycles. The zero-order valence-corrected chi connectivity index (χ0v) is 20.3. The average Bonchev–Trinajstić information content (AvgIpc) is 3.32. The lowest BCUT2D eigenvalue weighted by Crippen LogP contribution is -2.13. The smallest absolute Gasteiger partial charge is 0.269 e. The fraction of sp³-hybridized carbons (Fsp3) is 0.0417. The average molecular weight is 525 g/mol. The van der Waals surface area contributed by atoms with Crippen molar-refractivity contribution >= 4 is 63.0 Å². The molecular formula is C24H17ClN4O4S2. The standard InChI is InChI=1S/C24H17ClN4O4S2/c25-17-5-1-15(2-6-17)21-13-35-24(27-21)28-22(30)14-34-20-11-7-18(8-12-20)26-23(31)16-3-9-19(10-4-16)29(32)33/h1-13H,14H2,(H,26,31)(H,27,28,30). The third kappa shape index (κ3) is 6.66. The van der Waals surface area contributed by atoms with Crippen molar-refractivity contribution in [1.82, 2.24) is 4.98 Å². The number of thioether (sulfide) groups is 1. The summed E-state index contributed by atoms with van der Waals surface area (Å²) in [4.78, 5) is 40.2. The van der Waals surface area contributed by atoms with Gasteiger partial charge in [0.15, 0.2) is 5.13 Å². The molecule has 8 nitrogen and oxygen atoms in total. The van der Waals surface area contributed by atoms with E-state index in [-0.39, 0.29) is 23.3 Å². The van der Waals surface area contributed by atoms with Gasteiger partial charge < -0.3 is 10.6 Å². The number of nitro benzene ring substituents is 1. The van der Waals surface area contributed by atoms with Crippen LogP contribution >= 0.6 is 34.7 Å². The summed E-state index contributed by atoms with van der Waals surface area (Å²) >= 11 is 8.62. The molecule has 0 saturated heterocycles. The van der Waals surface area contributed by atoms with Crippen LogP contribution in [0.15, 0.2) is 83.1 Å². The van der Waals surface area contributed by atoms with Crippen molar-refractivity contribution in [3.05, 3.63) is 98.9 Å². The zero-order chi connectivity index (χ0) is 24.8. The van der Waals surface area contributed by atoms with Gasteiger partial charge in [-0.3, -0.25) is 19.7 Å². The van der Waals surface area contributed by atoms with Crippen molar-refractivity contribution in [2.24, 2.45) is 0 Å². The molecule has 0 saturated carbocycles. The number of hydrogen-bond acceptors (Lipinski definition) is 7. The Bertz CT molecular complexity index is 1360. The number of nitro groups is 1. The Kier molecular flexibility index (Phi) is 7.76. The summed E-state index contributed by atoms with van der Waals surface area (Å²) in [5.74, 6) is -0.353. The van der Waals surface area contributed by atoms with Gasteiger partial charge >= 0.3 is 0 Å². The van der Waals surface area contributed by atoms with Crippen LogP contribution in [0.2, 0.25) is 5.02 Å². The van der Waals surface area contributed by atoms with Crippen LogP contribution in [0.1, 0.15) is 10.4 Å². The first-order valence-electron chi connectivity index (χ1n) is 10.2. The quantitative estimate of drug-likeness (QED) is 0.157.